The highest BCUT2D eigenvalue weighted by Crippen LogP contribution is 2.26. The number of nitrogens with zero attached hydrogens (tertiary/aromatic N) is 5. The van der Waals surface area contributed by atoms with Crippen molar-refractivity contribution in [1.29, 1.82) is 0 Å². The van der Waals surface area contributed by atoms with E-state index in [1.54, 1.807) is 28.4 Å². The summed E-state index contributed by atoms with van der Waals surface area (Å²) in [5.74, 6) is 1.12. The van der Waals surface area contributed by atoms with E-state index in [2.05, 4.69) is 25.8 Å². The average molecular weight is 468 g/mol. The summed E-state index contributed by atoms with van der Waals surface area (Å²) < 4.78 is 8.76. The number of carbonyl (C=O) groups is 1. The molecule has 2 aromatic carbocycles. The van der Waals surface area contributed by atoms with Gasteiger partial charge in [-0.25, -0.2) is 4.52 Å². The van der Waals surface area contributed by atoms with Crippen molar-refractivity contribution < 1.29 is 9.53 Å². The molecule has 9 heteroatoms. The third-order valence-electron chi connectivity index (χ3n) is 5.70. The Kier molecular flexibility index (Phi) is 5.88. The molecule has 0 saturated heterocycles. The SMILES string of the molecule is COc1ccc(-c2cccn3nc(Nc4ccc(C(=O)NCc5cc(C)nn5C)cc4)nc23)cc1. The molecule has 0 spiro atoms. The molecule has 0 radical (unpaired) electrons. The summed E-state index contributed by atoms with van der Waals surface area (Å²) in [4.78, 5) is 17.2. The van der Waals surface area contributed by atoms with Gasteiger partial charge < -0.3 is 15.4 Å². The summed E-state index contributed by atoms with van der Waals surface area (Å²) >= 11 is 0. The predicted octanol–water partition coefficient (Wildman–Crippen LogP) is 4.12. The van der Waals surface area contributed by atoms with Gasteiger partial charge in [0.05, 0.1) is 25.0 Å². The number of ether oxygens (including phenoxy) is 1. The van der Waals surface area contributed by atoms with E-state index >= 15 is 0 Å². The zero-order valence-corrected chi connectivity index (χ0v) is 19.7. The van der Waals surface area contributed by atoms with Gasteiger partial charge in [-0.05, 0) is 67.1 Å². The standard InChI is InChI=1S/C26H25N7O2/c1-17-15-21(32(2)30-17)16-27-25(34)19-6-10-20(11-7-19)28-26-29-24-23(5-4-14-33(24)31-26)18-8-12-22(35-3)13-9-18/h4-15H,16H2,1-3H3,(H,27,34)(H,28,31). The van der Waals surface area contributed by atoms with Gasteiger partial charge in [-0.3, -0.25) is 9.48 Å². The van der Waals surface area contributed by atoms with Crippen LogP contribution in [0.25, 0.3) is 16.8 Å². The molecule has 5 aromatic rings. The zero-order chi connectivity index (χ0) is 24.4. The number of nitrogens with one attached hydrogen (secondary N) is 2. The van der Waals surface area contributed by atoms with Gasteiger partial charge in [0.15, 0.2) is 5.65 Å². The van der Waals surface area contributed by atoms with Crippen LogP contribution in [0.1, 0.15) is 21.7 Å². The number of aromatic nitrogens is 5. The molecule has 0 aliphatic heterocycles. The van der Waals surface area contributed by atoms with E-state index in [1.165, 1.54) is 0 Å². The van der Waals surface area contributed by atoms with Crippen molar-refractivity contribution in [1.82, 2.24) is 29.7 Å². The van der Waals surface area contributed by atoms with E-state index < -0.39 is 0 Å². The van der Waals surface area contributed by atoms with Gasteiger partial charge >= 0.3 is 0 Å². The fourth-order valence-corrected chi connectivity index (χ4v) is 3.89. The molecule has 35 heavy (non-hydrogen) atoms. The van der Waals surface area contributed by atoms with Gasteiger partial charge in [0.1, 0.15) is 5.75 Å². The first kappa shape index (κ1) is 22.1. The maximum atomic E-state index is 12.5. The molecule has 3 aromatic heterocycles. The number of fused-ring (bicyclic) bond motifs is 1. The van der Waals surface area contributed by atoms with Crippen molar-refractivity contribution in [2.45, 2.75) is 13.5 Å². The van der Waals surface area contributed by atoms with Gasteiger partial charge in [0.2, 0.25) is 5.95 Å². The van der Waals surface area contributed by atoms with Crippen molar-refractivity contribution in [3.63, 3.8) is 0 Å². The minimum absolute atomic E-state index is 0.148. The topological polar surface area (TPSA) is 98.4 Å². The molecule has 0 saturated carbocycles. The Morgan fingerprint density at radius 3 is 2.49 bits per heavy atom. The molecule has 176 valence electrons. The van der Waals surface area contributed by atoms with E-state index in [0.717, 1.165) is 39.6 Å². The lowest BCUT2D eigenvalue weighted by Crippen LogP contribution is -2.23. The van der Waals surface area contributed by atoms with Crippen LogP contribution in [-0.4, -0.2) is 37.4 Å². The molecule has 0 atom stereocenters. The number of hydrogen-bond donors (Lipinski definition) is 2. The highest BCUT2D eigenvalue weighted by Gasteiger charge is 2.11. The Labute approximate surface area is 202 Å². The molecule has 2 N–H and O–H groups in total. The summed E-state index contributed by atoms with van der Waals surface area (Å²) in [6.45, 7) is 2.34. The lowest BCUT2D eigenvalue weighted by atomic mass is 10.1. The van der Waals surface area contributed by atoms with Crippen LogP contribution < -0.4 is 15.4 Å². The number of anilines is 2. The van der Waals surface area contributed by atoms with Crippen molar-refractivity contribution in [3.05, 3.63) is 89.9 Å². The number of amides is 1. The smallest absolute Gasteiger partial charge is 0.251 e. The van der Waals surface area contributed by atoms with Crippen molar-refractivity contribution in [2.75, 3.05) is 12.4 Å². The van der Waals surface area contributed by atoms with Crippen LogP contribution in [0, 0.1) is 6.92 Å². The van der Waals surface area contributed by atoms with Crippen LogP contribution in [0.15, 0.2) is 72.9 Å². The summed E-state index contributed by atoms with van der Waals surface area (Å²) in [7, 11) is 3.51. The number of rotatable bonds is 7. The third kappa shape index (κ3) is 4.70. The number of benzene rings is 2. The fourth-order valence-electron chi connectivity index (χ4n) is 3.89. The first-order valence-corrected chi connectivity index (χ1v) is 11.1. The second-order valence-electron chi connectivity index (χ2n) is 8.14. The highest BCUT2D eigenvalue weighted by molar-refractivity contribution is 5.94. The lowest BCUT2D eigenvalue weighted by molar-refractivity contribution is 0.0950. The summed E-state index contributed by atoms with van der Waals surface area (Å²) in [5.41, 5.74) is 5.94. The van der Waals surface area contributed by atoms with Crippen LogP contribution in [0.5, 0.6) is 5.75 Å². The van der Waals surface area contributed by atoms with Crippen molar-refractivity contribution >= 4 is 23.2 Å². The Bertz CT molecular complexity index is 1480. The van der Waals surface area contributed by atoms with Crippen LogP contribution in [0.2, 0.25) is 0 Å². The van der Waals surface area contributed by atoms with E-state index in [1.807, 2.05) is 74.8 Å². The van der Waals surface area contributed by atoms with Gasteiger partial charge in [0, 0.05) is 30.1 Å². The summed E-state index contributed by atoms with van der Waals surface area (Å²) in [6.07, 6.45) is 1.86. The maximum Gasteiger partial charge on any atom is 0.251 e. The molecule has 1 amide bonds. The molecule has 0 aliphatic carbocycles. The van der Waals surface area contributed by atoms with Crippen LogP contribution in [-0.2, 0) is 13.6 Å². The number of carbonyl (C=O) groups excluding carboxylic acids is 1. The molecule has 0 unspecified atom stereocenters. The van der Waals surface area contributed by atoms with Crippen LogP contribution >= 0.6 is 0 Å². The monoisotopic (exact) mass is 467 g/mol. The number of pyridine rings is 1. The molecule has 0 bridgehead atoms. The number of hydrogen-bond acceptors (Lipinski definition) is 6. The first-order chi connectivity index (χ1) is 17.0. The molecular formula is C26H25N7O2. The van der Waals surface area contributed by atoms with Crippen molar-refractivity contribution in [3.8, 4) is 16.9 Å². The lowest BCUT2D eigenvalue weighted by Gasteiger charge is -2.07. The second-order valence-corrected chi connectivity index (χ2v) is 8.14. The minimum Gasteiger partial charge on any atom is -0.497 e. The predicted molar refractivity (Wildman–Crippen MR) is 134 cm³/mol. The summed E-state index contributed by atoms with van der Waals surface area (Å²) in [5, 5.41) is 15.0. The van der Waals surface area contributed by atoms with E-state index in [9.17, 15) is 4.79 Å². The molecule has 3 heterocycles. The van der Waals surface area contributed by atoms with Gasteiger partial charge in [-0.1, -0.05) is 12.1 Å². The van der Waals surface area contributed by atoms with Crippen molar-refractivity contribution in [2.24, 2.45) is 7.05 Å². The highest BCUT2D eigenvalue weighted by atomic mass is 16.5. The Morgan fingerprint density at radius 2 is 1.80 bits per heavy atom. The van der Waals surface area contributed by atoms with Gasteiger partial charge in [-0.2, -0.15) is 10.1 Å². The molecule has 0 fully saturated rings. The zero-order valence-electron chi connectivity index (χ0n) is 19.7. The largest absolute Gasteiger partial charge is 0.497 e. The third-order valence-corrected chi connectivity index (χ3v) is 5.70. The summed E-state index contributed by atoms with van der Waals surface area (Å²) in [6, 6.07) is 20.9. The van der Waals surface area contributed by atoms with Gasteiger partial charge in [-0.15, -0.1) is 5.10 Å². The number of methoxy groups -OCH3 is 1. The van der Waals surface area contributed by atoms with Gasteiger partial charge in [0.25, 0.3) is 5.91 Å². The Hall–Kier alpha value is -4.66. The van der Waals surface area contributed by atoms with E-state index in [-0.39, 0.29) is 5.91 Å². The van der Waals surface area contributed by atoms with E-state index in [4.69, 9.17) is 4.74 Å². The quantitative estimate of drug-likeness (QED) is 0.374. The second kappa shape index (κ2) is 9.30. The number of aryl methyl sites for hydroxylation is 2. The first-order valence-electron chi connectivity index (χ1n) is 11.1. The fraction of sp³-hybridized carbons (Fsp3) is 0.154. The molecular weight excluding hydrogens is 442 g/mol. The Balaban J connectivity index is 1.29. The molecule has 0 aliphatic rings. The Morgan fingerprint density at radius 1 is 1.03 bits per heavy atom. The minimum atomic E-state index is -0.148. The molecule has 5 rings (SSSR count). The average Bonchev–Trinajstić information content (AvgIpc) is 3.43. The molecule has 9 nitrogen and oxygen atoms in total. The van der Waals surface area contributed by atoms with Crippen LogP contribution in [0.3, 0.4) is 0 Å². The normalized spacial score (nSPS) is 10.9. The maximum absolute atomic E-state index is 12.5. The van der Waals surface area contributed by atoms with E-state index in [0.29, 0.717) is 18.1 Å². The van der Waals surface area contributed by atoms with Crippen LogP contribution in [0.4, 0.5) is 11.6 Å².